The Kier molecular flexibility index (Phi) is 3.61. The molecule has 1 amide bonds. The quantitative estimate of drug-likeness (QED) is 0.383. The fourth-order valence-electron chi connectivity index (χ4n) is 1.13. The van der Waals surface area contributed by atoms with Crippen molar-refractivity contribution in [2.24, 2.45) is 5.84 Å². The molecule has 1 heterocycles. The number of hydrogen-bond donors (Lipinski definition) is 2. The molecule has 6 heteroatoms. The number of rotatable bonds is 4. The number of ether oxygens (including phenoxy) is 1. The number of nitrogens with zero attached hydrogens (tertiary/aromatic N) is 2. The summed E-state index contributed by atoms with van der Waals surface area (Å²) in [5.41, 5.74) is 3.06. The van der Waals surface area contributed by atoms with Gasteiger partial charge in [-0.2, -0.15) is 5.10 Å². The highest BCUT2D eigenvalue weighted by Gasteiger charge is 2.19. The lowest BCUT2D eigenvalue weighted by Gasteiger charge is -2.14. The second-order valence-electron chi connectivity index (χ2n) is 2.98. The van der Waals surface area contributed by atoms with Crippen molar-refractivity contribution in [2.75, 3.05) is 13.7 Å². The largest absolute Gasteiger partial charge is 0.382 e. The van der Waals surface area contributed by atoms with Crippen molar-refractivity contribution >= 4 is 5.91 Å². The van der Waals surface area contributed by atoms with Crippen LogP contribution in [0.1, 0.15) is 11.6 Å². The monoisotopic (exact) mass is 198 g/mol. The molecule has 0 radical (unpaired) electrons. The van der Waals surface area contributed by atoms with Crippen molar-refractivity contribution in [2.45, 2.75) is 13.0 Å². The number of aromatic nitrogens is 2. The minimum Gasteiger partial charge on any atom is -0.382 e. The highest BCUT2D eigenvalue weighted by molar-refractivity contribution is 5.79. The highest BCUT2D eigenvalue weighted by atomic mass is 16.5. The molecule has 0 bridgehead atoms. The molecule has 14 heavy (non-hydrogen) atoms. The summed E-state index contributed by atoms with van der Waals surface area (Å²) >= 11 is 0. The number of hydrazine groups is 1. The van der Waals surface area contributed by atoms with E-state index in [2.05, 4.69) is 10.5 Å². The van der Waals surface area contributed by atoms with E-state index in [1.807, 2.05) is 6.92 Å². The second kappa shape index (κ2) is 4.73. The number of carbonyl (C=O) groups excluding carboxylic acids is 1. The van der Waals surface area contributed by atoms with E-state index < -0.39 is 6.04 Å². The van der Waals surface area contributed by atoms with Crippen LogP contribution in [-0.2, 0) is 9.53 Å². The summed E-state index contributed by atoms with van der Waals surface area (Å²) in [4.78, 5) is 11.3. The van der Waals surface area contributed by atoms with Crippen LogP contribution in [0.3, 0.4) is 0 Å². The lowest BCUT2D eigenvalue weighted by molar-refractivity contribution is -0.126. The van der Waals surface area contributed by atoms with Crippen LogP contribution < -0.4 is 11.3 Å². The molecule has 3 N–H and O–H groups in total. The lowest BCUT2D eigenvalue weighted by Crippen LogP contribution is -2.39. The van der Waals surface area contributed by atoms with Gasteiger partial charge in [0.05, 0.1) is 12.8 Å². The molecular formula is C8H14N4O2. The molecule has 0 spiro atoms. The Morgan fingerprint density at radius 1 is 1.86 bits per heavy atom. The maximum Gasteiger partial charge on any atom is 0.261 e. The van der Waals surface area contributed by atoms with Gasteiger partial charge in [0, 0.05) is 13.3 Å². The molecule has 6 nitrogen and oxygen atoms in total. The number of nitrogens with one attached hydrogen (secondary N) is 1. The van der Waals surface area contributed by atoms with E-state index in [0.29, 0.717) is 0 Å². The Morgan fingerprint density at radius 2 is 2.57 bits per heavy atom. The third kappa shape index (κ3) is 2.30. The molecule has 0 fully saturated rings. The van der Waals surface area contributed by atoms with Gasteiger partial charge in [-0.05, 0) is 12.5 Å². The molecule has 1 rings (SSSR count). The predicted molar refractivity (Wildman–Crippen MR) is 50.2 cm³/mol. The molecule has 0 aliphatic heterocycles. The molecule has 0 saturated heterocycles. The number of aryl methyl sites for hydroxylation is 1. The van der Waals surface area contributed by atoms with Gasteiger partial charge in [0.25, 0.3) is 5.91 Å². The average molecular weight is 198 g/mol. The second-order valence-corrected chi connectivity index (χ2v) is 2.98. The minimum atomic E-state index is -0.515. The molecule has 0 saturated carbocycles. The summed E-state index contributed by atoms with van der Waals surface area (Å²) in [6, 6.07) is -0.515. The first-order valence-corrected chi connectivity index (χ1v) is 4.19. The highest BCUT2D eigenvalue weighted by Crippen LogP contribution is 2.07. The molecule has 0 aromatic carbocycles. The van der Waals surface area contributed by atoms with Gasteiger partial charge in [-0.1, -0.05) is 0 Å². The van der Waals surface area contributed by atoms with Crippen molar-refractivity contribution in [3.05, 3.63) is 18.0 Å². The minimum absolute atomic E-state index is 0.240. The fourth-order valence-corrected chi connectivity index (χ4v) is 1.13. The van der Waals surface area contributed by atoms with E-state index in [0.717, 1.165) is 5.56 Å². The zero-order chi connectivity index (χ0) is 10.6. The van der Waals surface area contributed by atoms with E-state index in [-0.39, 0.29) is 12.5 Å². The standard InChI is InChI=1S/C8H14N4O2/c1-6-3-10-12(4-6)7(5-14-2)8(13)11-9/h3-4,7H,5,9H2,1-2H3,(H,11,13). The van der Waals surface area contributed by atoms with Crippen LogP contribution in [0.4, 0.5) is 0 Å². The number of nitrogens with two attached hydrogens (primary N) is 1. The van der Waals surface area contributed by atoms with Crippen LogP contribution in [0.15, 0.2) is 12.4 Å². The van der Waals surface area contributed by atoms with Gasteiger partial charge < -0.3 is 4.74 Å². The molecule has 1 unspecified atom stereocenters. The lowest BCUT2D eigenvalue weighted by atomic mass is 10.3. The first kappa shape index (κ1) is 10.7. The van der Waals surface area contributed by atoms with Crippen LogP contribution in [0, 0.1) is 6.92 Å². The zero-order valence-corrected chi connectivity index (χ0v) is 8.23. The first-order valence-electron chi connectivity index (χ1n) is 4.19. The molecule has 1 aromatic heterocycles. The van der Waals surface area contributed by atoms with E-state index >= 15 is 0 Å². The van der Waals surface area contributed by atoms with Gasteiger partial charge in [-0.15, -0.1) is 0 Å². The van der Waals surface area contributed by atoms with Crippen LogP contribution >= 0.6 is 0 Å². The fraction of sp³-hybridized carbons (Fsp3) is 0.500. The van der Waals surface area contributed by atoms with Crippen molar-refractivity contribution < 1.29 is 9.53 Å². The van der Waals surface area contributed by atoms with Gasteiger partial charge in [-0.25, -0.2) is 5.84 Å². The Balaban J connectivity index is 2.82. The predicted octanol–water partition coefficient (Wildman–Crippen LogP) is -0.631. The zero-order valence-electron chi connectivity index (χ0n) is 8.23. The van der Waals surface area contributed by atoms with E-state index in [9.17, 15) is 4.79 Å². The summed E-state index contributed by atoms with van der Waals surface area (Å²) in [6.07, 6.45) is 3.44. The van der Waals surface area contributed by atoms with Crippen molar-refractivity contribution in [3.8, 4) is 0 Å². The molecule has 1 aromatic rings. The summed E-state index contributed by atoms with van der Waals surface area (Å²) in [5, 5.41) is 4.02. The van der Waals surface area contributed by atoms with Crippen molar-refractivity contribution in [1.29, 1.82) is 0 Å². The Bertz CT molecular complexity index is 310. The van der Waals surface area contributed by atoms with Crippen LogP contribution in [0.5, 0.6) is 0 Å². The van der Waals surface area contributed by atoms with E-state index in [1.165, 1.54) is 11.8 Å². The van der Waals surface area contributed by atoms with Gasteiger partial charge in [0.1, 0.15) is 0 Å². The van der Waals surface area contributed by atoms with Gasteiger partial charge in [0.2, 0.25) is 0 Å². The van der Waals surface area contributed by atoms with Gasteiger partial charge in [0.15, 0.2) is 6.04 Å². The molecule has 0 aliphatic carbocycles. The smallest absolute Gasteiger partial charge is 0.261 e. The molecule has 1 atom stereocenters. The Labute approximate surface area is 82.0 Å². The number of amides is 1. The van der Waals surface area contributed by atoms with Crippen LogP contribution in [0.2, 0.25) is 0 Å². The van der Waals surface area contributed by atoms with Crippen molar-refractivity contribution in [3.63, 3.8) is 0 Å². The molecule has 0 aliphatic rings. The third-order valence-electron chi connectivity index (χ3n) is 1.82. The third-order valence-corrected chi connectivity index (χ3v) is 1.82. The van der Waals surface area contributed by atoms with Crippen LogP contribution in [0.25, 0.3) is 0 Å². The first-order chi connectivity index (χ1) is 6.69. The topological polar surface area (TPSA) is 82.2 Å². The summed E-state index contributed by atoms with van der Waals surface area (Å²) in [5.74, 6) is 4.73. The summed E-state index contributed by atoms with van der Waals surface area (Å²) in [7, 11) is 1.52. The van der Waals surface area contributed by atoms with E-state index in [4.69, 9.17) is 10.6 Å². The van der Waals surface area contributed by atoms with Crippen LogP contribution in [-0.4, -0.2) is 29.4 Å². The Morgan fingerprint density at radius 3 is 3.00 bits per heavy atom. The summed E-state index contributed by atoms with van der Waals surface area (Å²) in [6.45, 7) is 2.14. The molecular weight excluding hydrogens is 184 g/mol. The van der Waals surface area contributed by atoms with Crippen molar-refractivity contribution in [1.82, 2.24) is 15.2 Å². The number of hydrogen-bond acceptors (Lipinski definition) is 4. The van der Waals surface area contributed by atoms with Gasteiger partial charge >= 0.3 is 0 Å². The summed E-state index contributed by atoms with van der Waals surface area (Å²) < 4.78 is 6.44. The average Bonchev–Trinajstić information content (AvgIpc) is 2.60. The maximum atomic E-state index is 11.3. The number of methoxy groups -OCH3 is 1. The normalized spacial score (nSPS) is 12.5. The molecule has 78 valence electrons. The maximum absolute atomic E-state index is 11.3. The number of carbonyl (C=O) groups is 1. The SMILES string of the molecule is COCC(C(=O)NN)n1cc(C)cn1. The Hall–Kier alpha value is -1.40. The van der Waals surface area contributed by atoms with E-state index in [1.54, 1.807) is 12.4 Å². The van der Waals surface area contributed by atoms with Gasteiger partial charge in [-0.3, -0.25) is 14.9 Å².